The molecule has 8 heteroatoms. The summed E-state index contributed by atoms with van der Waals surface area (Å²) >= 11 is 0. The summed E-state index contributed by atoms with van der Waals surface area (Å²) in [5, 5.41) is 9.02. The lowest BCUT2D eigenvalue weighted by atomic mass is 10.1. The lowest BCUT2D eigenvalue weighted by Crippen LogP contribution is -2.39. The molecule has 0 radical (unpaired) electrons. The molecular formula is C19H24FN3O4. The normalized spacial score (nSPS) is 15.6. The van der Waals surface area contributed by atoms with Crippen LogP contribution in [0.5, 0.6) is 0 Å². The van der Waals surface area contributed by atoms with Gasteiger partial charge in [-0.05, 0) is 45.4 Å². The van der Waals surface area contributed by atoms with Gasteiger partial charge in [-0.15, -0.1) is 0 Å². The fourth-order valence-corrected chi connectivity index (χ4v) is 2.62. The topological polar surface area (TPSA) is 82.9 Å². The zero-order valence-corrected chi connectivity index (χ0v) is 15.8. The van der Waals surface area contributed by atoms with Gasteiger partial charge in [-0.2, -0.15) is 5.26 Å². The third-order valence-electron chi connectivity index (χ3n) is 3.94. The minimum Gasteiger partial charge on any atom is -0.446 e. The van der Waals surface area contributed by atoms with E-state index in [1.807, 2.05) is 25.7 Å². The molecule has 146 valence electrons. The maximum Gasteiger partial charge on any atom is 0.410 e. The highest BCUT2D eigenvalue weighted by Gasteiger charge is 2.25. The molecular weight excluding hydrogens is 353 g/mol. The summed E-state index contributed by atoms with van der Waals surface area (Å²) in [5.41, 5.74) is -0.581. The van der Waals surface area contributed by atoms with Crippen LogP contribution < -0.4 is 0 Å². The molecule has 1 aromatic carbocycles. The molecule has 1 heterocycles. The van der Waals surface area contributed by atoms with Gasteiger partial charge in [-0.3, -0.25) is 4.90 Å². The Balaban J connectivity index is 1.88. The van der Waals surface area contributed by atoms with Crippen molar-refractivity contribution < 1.29 is 23.5 Å². The molecule has 0 aromatic heterocycles. The van der Waals surface area contributed by atoms with Gasteiger partial charge in [-0.25, -0.2) is 14.0 Å². The van der Waals surface area contributed by atoms with Crippen molar-refractivity contribution in [1.29, 1.82) is 5.26 Å². The Hall–Kier alpha value is -2.66. The molecule has 1 aliphatic heterocycles. The Kier molecular flexibility index (Phi) is 6.75. The number of amides is 1. The number of rotatable bonds is 3. The number of carbonyl (C=O) groups excluding carboxylic acids is 2. The second-order valence-electron chi connectivity index (χ2n) is 7.30. The van der Waals surface area contributed by atoms with Crippen LogP contribution in [0.25, 0.3) is 0 Å². The summed E-state index contributed by atoms with van der Waals surface area (Å²) in [6.45, 7) is 7.70. The molecule has 1 amide bonds. The number of halogens is 1. The number of hydrogen-bond acceptors (Lipinski definition) is 6. The van der Waals surface area contributed by atoms with Gasteiger partial charge < -0.3 is 14.4 Å². The largest absolute Gasteiger partial charge is 0.446 e. The van der Waals surface area contributed by atoms with E-state index in [4.69, 9.17) is 14.7 Å². The first-order valence-electron chi connectivity index (χ1n) is 8.76. The van der Waals surface area contributed by atoms with E-state index in [0.717, 1.165) is 18.6 Å². The van der Waals surface area contributed by atoms with E-state index in [0.29, 0.717) is 26.2 Å². The fourth-order valence-electron chi connectivity index (χ4n) is 2.62. The first-order chi connectivity index (χ1) is 12.7. The molecule has 2 rings (SSSR count). The molecule has 0 saturated carbocycles. The lowest BCUT2D eigenvalue weighted by Gasteiger charge is -2.26. The highest BCUT2D eigenvalue weighted by molar-refractivity contribution is 5.92. The van der Waals surface area contributed by atoms with Crippen LogP contribution >= 0.6 is 0 Å². The van der Waals surface area contributed by atoms with Crippen molar-refractivity contribution >= 4 is 12.1 Å². The van der Waals surface area contributed by atoms with E-state index in [9.17, 15) is 14.0 Å². The zero-order chi connectivity index (χ0) is 20.0. The van der Waals surface area contributed by atoms with Crippen LogP contribution in [0.3, 0.4) is 0 Å². The van der Waals surface area contributed by atoms with E-state index in [1.165, 1.54) is 6.07 Å². The van der Waals surface area contributed by atoms with Crippen molar-refractivity contribution in [2.45, 2.75) is 32.8 Å². The summed E-state index contributed by atoms with van der Waals surface area (Å²) < 4.78 is 23.8. The first-order valence-corrected chi connectivity index (χ1v) is 8.76. The van der Waals surface area contributed by atoms with Crippen molar-refractivity contribution in [2.75, 3.05) is 32.9 Å². The van der Waals surface area contributed by atoms with Crippen LogP contribution in [0.2, 0.25) is 0 Å². The molecule has 0 bridgehead atoms. The fraction of sp³-hybridized carbons (Fsp3) is 0.526. The second-order valence-corrected chi connectivity index (χ2v) is 7.30. The molecule has 0 aliphatic carbocycles. The SMILES string of the molecule is CC(C)(C)OC(=O)N1CCCN(COC(=O)c2ccc(F)cc2C#N)CC1. The Morgan fingerprint density at radius 3 is 2.63 bits per heavy atom. The number of nitrogens with zero attached hydrogens (tertiary/aromatic N) is 3. The summed E-state index contributed by atoms with van der Waals surface area (Å²) in [6.07, 6.45) is 0.364. The molecule has 0 spiro atoms. The number of hydrogen-bond donors (Lipinski definition) is 0. The van der Waals surface area contributed by atoms with Crippen LogP contribution in [0.1, 0.15) is 43.1 Å². The van der Waals surface area contributed by atoms with Crippen LogP contribution in [-0.4, -0.2) is 60.4 Å². The van der Waals surface area contributed by atoms with Gasteiger partial charge in [-0.1, -0.05) is 0 Å². The number of esters is 1. The van der Waals surface area contributed by atoms with Crippen LogP contribution in [0.15, 0.2) is 18.2 Å². The van der Waals surface area contributed by atoms with Gasteiger partial charge in [0.1, 0.15) is 24.2 Å². The number of carbonyl (C=O) groups is 2. The molecule has 7 nitrogen and oxygen atoms in total. The third-order valence-corrected chi connectivity index (χ3v) is 3.94. The molecule has 1 saturated heterocycles. The van der Waals surface area contributed by atoms with Gasteiger partial charge >= 0.3 is 12.1 Å². The average Bonchev–Trinajstić information content (AvgIpc) is 2.83. The summed E-state index contributed by atoms with van der Waals surface area (Å²) in [4.78, 5) is 27.9. The molecule has 1 fully saturated rings. The first kappa shape index (κ1) is 20.6. The summed E-state index contributed by atoms with van der Waals surface area (Å²) in [6, 6.07) is 5.14. The smallest absolute Gasteiger partial charge is 0.410 e. The molecule has 0 N–H and O–H groups in total. The summed E-state index contributed by atoms with van der Waals surface area (Å²) in [7, 11) is 0. The highest BCUT2D eigenvalue weighted by Crippen LogP contribution is 2.14. The Morgan fingerprint density at radius 1 is 1.22 bits per heavy atom. The second kappa shape index (κ2) is 8.82. The predicted molar refractivity (Wildman–Crippen MR) is 95.4 cm³/mol. The number of nitriles is 1. The van der Waals surface area contributed by atoms with Gasteiger partial charge in [0.15, 0.2) is 0 Å². The Labute approximate surface area is 158 Å². The van der Waals surface area contributed by atoms with E-state index >= 15 is 0 Å². The van der Waals surface area contributed by atoms with Crippen molar-refractivity contribution in [3.05, 3.63) is 35.1 Å². The van der Waals surface area contributed by atoms with E-state index < -0.39 is 17.4 Å². The van der Waals surface area contributed by atoms with Crippen LogP contribution in [0.4, 0.5) is 9.18 Å². The molecule has 0 unspecified atom stereocenters. The van der Waals surface area contributed by atoms with Crippen LogP contribution in [-0.2, 0) is 9.47 Å². The third kappa shape index (κ3) is 6.22. The van der Waals surface area contributed by atoms with Crippen LogP contribution in [0, 0.1) is 17.1 Å². The van der Waals surface area contributed by atoms with Crippen molar-refractivity contribution in [1.82, 2.24) is 9.80 Å². The van der Waals surface area contributed by atoms with Gasteiger partial charge in [0.2, 0.25) is 0 Å². The highest BCUT2D eigenvalue weighted by atomic mass is 19.1. The molecule has 0 atom stereocenters. The van der Waals surface area contributed by atoms with E-state index in [1.54, 1.807) is 11.0 Å². The standard InChI is InChI=1S/C19H24FN3O4/c1-19(2,3)27-18(25)23-8-4-7-22(9-10-23)13-26-17(24)16-6-5-15(20)11-14(16)12-21/h5-6,11H,4,7-10,13H2,1-3H3. The Morgan fingerprint density at radius 2 is 1.96 bits per heavy atom. The van der Waals surface area contributed by atoms with Gasteiger partial charge in [0, 0.05) is 26.2 Å². The maximum absolute atomic E-state index is 13.2. The lowest BCUT2D eigenvalue weighted by molar-refractivity contribution is 0.0177. The average molecular weight is 377 g/mol. The van der Waals surface area contributed by atoms with Gasteiger partial charge in [0.05, 0.1) is 11.1 Å². The Bertz CT molecular complexity index is 739. The molecule has 1 aliphatic rings. The predicted octanol–water partition coefficient (Wildman–Crippen LogP) is 2.75. The van der Waals surface area contributed by atoms with Crippen molar-refractivity contribution in [3.8, 4) is 6.07 Å². The van der Waals surface area contributed by atoms with E-state index in [2.05, 4.69) is 0 Å². The number of benzene rings is 1. The quantitative estimate of drug-likeness (QED) is 0.754. The van der Waals surface area contributed by atoms with E-state index in [-0.39, 0.29) is 24.0 Å². The van der Waals surface area contributed by atoms with Gasteiger partial charge in [0.25, 0.3) is 0 Å². The van der Waals surface area contributed by atoms with Crippen molar-refractivity contribution in [2.24, 2.45) is 0 Å². The van der Waals surface area contributed by atoms with Crippen molar-refractivity contribution in [3.63, 3.8) is 0 Å². The molecule has 1 aromatic rings. The minimum absolute atomic E-state index is 0.0310. The zero-order valence-electron chi connectivity index (χ0n) is 15.8. The minimum atomic E-state index is -0.681. The summed E-state index contributed by atoms with van der Waals surface area (Å²) in [5.74, 6) is -1.27. The maximum atomic E-state index is 13.2. The molecule has 27 heavy (non-hydrogen) atoms. The monoisotopic (exact) mass is 377 g/mol. The number of ether oxygens (including phenoxy) is 2.